The third-order valence-electron chi connectivity index (χ3n) is 3.09. The lowest BCUT2D eigenvalue weighted by Gasteiger charge is -2.23. The van der Waals surface area contributed by atoms with E-state index in [1.54, 1.807) is 17.9 Å². The third kappa shape index (κ3) is 3.20. The van der Waals surface area contributed by atoms with E-state index in [1.807, 2.05) is 0 Å². The van der Waals surface area contributed by atoms with Crippen molar-refractivity contribution in [2.75, 3.05) is 6.54 Å². The number of amides is 1. The number of aromatic nitrogens is 2. The zero-order chi connectivity index (χ0) is 14.0. The minimum atomic E-state index is -0.901. The second kappa shape index (κ2) is 5.52. The minimum Gasteiger partial charge on any atom is -0.481 e. The molecule has 1 aliphatic heterocycles. The third-order valence-corrected chi connectivity index (χ3v) is 3.26. The Bertz CT molecular complexity index is 501. The topological polar surface area (TPSA) is 83.4 Å². The molecule has 1 aromatic heterocycles. The van der Waals surface area contributed by atoms with Crippen molar-refractivity contribution in [3.8, 4) is 0 Å². The second-order valence-corrected chi connectivity index (χ2v) is 4.89. The lowest BCUT2D eigenvalue weighted by atomic mass is 10.1. The van der Waals surface area contributed by atoms with Crippen molar-refractivity contribution in [2.45, 2.75) is 32.2 Å². The van der Waals surface area contributed by atoms with Gasteiger partial charge in [-0.2, -0.15) is 0 Å². The lowest BCUT2D eigenvalue weighted by molar-refractivity contribution is -0.137. The number of aliphatic carboxylic acids is 1. The highest BCUT2D eigenvalue weighted by atomic mass is 35.5. The number of aryl methyl sites for hydroxylation is 1. The van der Waals surface area contributed by atoms with Crippen LogP contribution in [0.5, 0.6) is 0 Å². The SMILES string of the molecule is Cc1cc(C(=O)N2CCCC2CC(=O)O)nc(Cl)n1. The number of likely N-dealkylation sites (tertiary alicyclic amines) is 1. The molecule has 2 rings (SSSR count). The lowest BCUT2D eigenvalue weighted by Crippen LogP contribution is -2.37. The van der Waals surface area contributed by atoms with E-state index in [9.17, 15) is 9.59 Å². The van der Waals surface area contributed by atoms with E-state index >= 15 is 0 Å². The largest absolute Gasteiger partial charge is 0.481 e. The van der Waals surface area contributed by atoms with Gasteiger partial charge in [-0.15, -0.1) is 0 Å². The fourth-order valence-electron chi connectivity index (χ4n) is 2.31. The van der Waals surface area contributed by atoms with Crippen LogP contribution in [0.4, 0.5) is 0 Å². The fraction of sp³-hybridized carbons (Fsp3) is 0.500. The summed E-state index contributed by atoms with van der Waals surface area (Å²) < 4.78 is 0. The van der Waals surface area contributed by atoms with Gasteiger partial charge in [-0.25, -0.2) is 9.97 Å². The first-order chi connectivity index (χ1) is 8.97. The summed E-state index contributed by atoms with van der Waals surface area (Å²) in [6.07, 6.45) is 1.47. The summed E-state index contributed by atoms with van der Waals surface area (Å²) in [6.45, 7) is 2.28. The number of nitrogens with zero attached hydrogens (tertiary/aromatic N) is 3. The molecule has 19 heavy (non-hydrogen) atoms. The number of carboxylic acids is 1. The summed E-state index contributed by atoms with van der Waals surface area (Å²) in [5.41, 5.74) is 0.826. The Morgan fingerprint density at radius 2 is 2.26 bits per heavy atom. The molecule has 6 nitrogen and oxygen atoms in total. The Hall–Kier alpha value is -1.69. The number of carbonyl (C=O) groups is 2. The molecular formula is C12H14ClN3O3. The average molecular weight is 284 g/mol. The molecule has 0 spiro atoms. The molecule has 7 heteroatoms. The van der Waals surface area contributed by atoms with Crippen molar-refractivity contribution in [1.82, 2.24) is 14.9 Å². The second-order valence-electron chi connectivity index (χ2n) is 4.56. The summed E-state index contributed by atoms with van der Waals surface area (Å²) in [5, 5.41) is 8.87. The Morgan fingerprint density at radius 3 is 2.89 bits per heavy atom. The summed E-state index contributed by atoms with van der Waals surface area (Å²) in [7, 11) is 0. The standard InChI is InChI=1S/C12H14ClN3O3/c1-7-5-9(15-12(13)14-7)11(19)16-4-2-3-8(16)6-10(17)18/h5,8H,2-4,6H2,1H3,(H,17,18). The molecule has 1 saturated heterocycles. The molecule has 1 aliphatic rings. The van der Waals surface area contributed by atoms with Gasteiger partial charge < -0.3 is 10.0 Å². The molecule has 0 radical (unpaired) electrons. The molecule has 1 aromatic rings. The van der Waals surface area contributed by atoms with E-state index in [4.69, 9.17) is 16.7 Å². The maximum absolute atomic E-state index is 12.3. The van der Waals surface area contributed by atoms with Crippen molar-refractivity contribution in [3.63, 3.8) is 0 Å². The number of halogens is 1. The molecule has 1 N–H and O–H groups in total. The van der Waals surface area contributed by atoms with Gasteiger partial charge in [0.15, 0.2) is 0 Å². The van der Waals surface area contributed by atoms with Crippen molar-refractivity contribution < 1.29 is 14.7 Å². The monoisotopic (exact) mass is 283 g/mol. The fourth-order valence-corrected chi connectivity index (χ4v) is 2.53. The van der Waals surface area contributed by atoms with E-state index in [1.165, 1.54) is 0 Å². The van der Waals surface area contributed by atoms with Crippen LogP contribution >= 0.6 is 11.6 Å². The van der Waals surface area contributed by atoms with Crippen molar-refractivity contribution in [3.05, 3.63) is 22.7 Å². The van der Waals surface area contributed by atoms with Gasteiger partial charge in [0.25, 0.3) is 5.91 Å². The van der Waals surface area contributed by atoms with E-state index in [0.29, 0.717) is 18.7 Å². The highest BCUT2D eigenvalue weighted by molar-refractivity contribution is 6.28. The molecule has 0 aliphatic carbocycles. The molecule has 1 unspecified atom stereocenters. The van der Waals surface area contributed by atoms with Crippen LogP contribution < -0.4 is 0 Å². The van der Waals surface area contributed by atoms with Crippen LogP contribution in [0, 0.1) is 6.92 Å². The van der Waals surface area contributed by atoms with Gasteiger partial charge in [0.1, 0.15) is 5.69 Å². The molecule has 0 aromatic carbocycles. The molecule has 1 atom stereocenters. The van der Waals surface area contributed by atoms with Crippen molar-refractivity contribution in [1.29, 1.82) is 0 Å². The van der Waals surface area contributed by atoms with Gasteiger partial charge in [0.2, 0.25) is 5.28 Å². The van der Waals surface area contributed by atoms with Crippen LogP contribution in [0.3, 0.4) is 0 Å². The minimum absolute atomic E-state index is 0.0253. The smallest absolute Gasteiger partial charge is 0.305 e. The van der Waals surface area contributed by atoms with E-state index in [0.717, 1.165) is 6.42 Å². The number of hydrogen-bond donors (Lipinski definition) is 1. The van der Waals surface area contributed by atoms with Crippen LogP contribution in [0.15, 0.2) is 6.07 Å². The van der Waals surface area contributed by atoms with Gasteiger partial charge in [0, 0.05) is 18.3 Å². The van der Waals surface area contributed by atoms with Crippen molar-refractivity contribution >= 4 is 23.5 Å². The number of carboxylic acid groups (broad SMARTS) is 1. The summed E-state index contributed by atoms with van der Waals surface area (Å²) in [4.78, 5) is 32.5. The van der Waals surface area contributed by atoms with E-state index in [-0.39, 0.29) is 29.3 Å². The van der Waals surface area contributed by atoms with Gasteiger partial charge in [-0.3, -0.25) is 9.59 Å². The molecule has 102 valence electrons. The Kier molecular flexibility index (Phi) is 3.99. The predicted octanol–water partition coefficient (Wildman–Crippen LogP) is 1.52. The number of carbonyl (C=O) groups excluding carboxylic acids is 1. The quantitative estimate of drug-likeness (QED) is 0.850. The maximum Gasteiger partial charge on any atom is 0.305 e. The molecular weight excluding hydrogens is 270 g/mol. The Labute approximate surface area is 115 Å². The van der Waals surface area contributed by atoms with Crippen LogP contribution in [-0.4, -0.2) is 44.4 Å². The molecule has 1 fully saturated rings. The molecule has 1 amide bonds. The van der Waals surface area contributed by atoms with Gasteiger partial charge in [-0.05, 0) is 37.4 Å². The van der Waals surface area contributed by atoms with Gasteiger partial charge >= 0.3 is 5.97 Å². The number of rotatable bonds is 3. The Balaban J connectivity index is 2.20. The first-order valence-corrected chi connectivity index (χ1v) is 6.39. The first-order valence-electron chi connectivity index (χ1n) is 6.01. The molecule has 0 saturated carbocycles. The zero-order valence-electron chi connectivity index (χ0n) is 10.5. The van der Waals surface area contributed by atoms with Crippen molar-refractivity contribution in [2.24, 2.45) is 0 Å². The van der Waals surface area contributed by atoms with Crippen LogP contribution in [0.25, 0.3) is 0 Å². The molecule has 0 bridgehead atoms. The maximum atomic E-state index is 12.3. The Morgan fingerprint density at radius 1 is 1.53 bits per heavy atom. The first kappa shape index (κ1) is 13.7. The predicted molar refractivity (Wildman–Crippen MR) is 68.1 cm³/mol. The molecule has 2 heterocycles. The summed E-state index contributed by atoms with van der Waals surface area (Å²) in [5.74, 6) is -1.18. The van der Waals surface area contributed by atoms with E-state index < -0.39 is 5.97 Å². The highest BCUT2D eigenvalue weighted by Crippen LogP contribution is 2.22. The van der Waals surface area contributed by atoms with Crippen LogP contribution in [0.2, 0.25) is 5.28 Å². The normalized spacial score (nSPS) is 18.6. The van der Waals surface area contributed by atoms with Crippen LogP contribution in [-0.2, 0) is 4.79 Å². The number of hydrogen-bond acceptors (Lipinski definition) is 4. The summed E-state index contributed by atoms with van der Waals surface area (Å²) >= 11 is 5.73. The van der Waals surface area contributed by atoms with E-state index in [2.05, 4.69) is 9.97 Å². The summed E-state index contributed by atoms with van der Waals surface area (Å²) in [6, 6.07) is 1.30. The van der Waals surface area contributed by atoms with Gasteiger partial charge in [0.05, 0.1) is 6.42 Å². The van der Waals surface area contributed by atoms with Gasteiger partial charge in [-0.1, -0.05) is 0 Å². The average Bonchev–Trinajstić information content (AvgIpc) is 2.73. The zero-order valence-corrected chi connectivity index (χ0v) is 11.2. The van der Waals surface area contributed by atoms with Crippen LogP contribution in [0.1, 0.15) is 35.4 Å². The highest BCUT2D eigenvalue weighted by Gasteiger charge is 2.31.